The van der Waals surface area contributed by atoms with Crippen LogP contribution in [0.5, 0.6) is 0 Å². The number of hydrogen-bond donors (Lipinski definition) is 3. The molecule has 13 heteroatoms. The first-order chi connectivity index (χ1) is 17.6. The summed E-state index contributed by atoms with van der Waals surface area (Å²) in [4.78, 5) is 14.8. The molecular formula is C26H52N4O7S2. The van der Waals surface area contributed by atoms with Crippen molar-refractivity contribution in [2.24, 2.45) is 0 Å². The van der Waals surface area contributed by atoms with Crippen molar-refractivity contribution in [1.29, 1.82) is 0 Å². The number of likely N-dealkylation sites (N-methyl/N-ethyl adjacent to an activating group) is 1. The maximum Gasteiger partial charge on any atom is 0.407 e. The second-order valence-corrected chi connectivity index (χ2v) is 18.3. The van der Waals surface area contributed by atoms with Gasteiger partial charge in [-0.25, -0.2) is 13.2 Å². The molecule has 0 aliphatic carbocycles. The number of amides is 1. The quantitative estimate of drug-likeness (QED) is 0.239. The van der Waals surface area contributed by atoms with E-state index in [1.165, 1.54) is 10.1 Å². The third kappa shape index (κ3) is 9.98. The van der Waals surface area contributed by atoms with Crippen LogP contribution in [0.3, 0.4) is 0 Å². The second kappa shape index (κ2) is 12.7. The molecule has 0 radical (unpaired) electrons. The molecule has 0 aromatic carbocycles. The van der Waals surface area contributed by atoms with Crippen LogP contribution in [-0.2, 0) is 18.3 Å². The van der Waals surface area contributed by atoms with Gasteiger partial charge in [-0.15, -0.1) is 0 Å². The first-order valence-corrected chi connectivity index (χ1v) is 17.0. The number of hydrogen-bond acceptors (Lipinski definition) is 11. The minimum Gasteiger partial charge on any atom is -0.442 e. The van der Waals surface area contributed by atoms with Crippen LogP contribution in [0.15, 0.2) is 0 Å². The third-order valence-electron chi connectivity index (χ3n) is 7.79. The van der Waals surface area contributed by atoms with Crippen molar-refractivity contribution in [2.75, 3.05) is 38.8 Å². The lowest BCUT2D eigenvalue weighted by atomic mass is 9.78. The Labute approximate surface area is 239 Å². The van der Waals surface area contributed by atoms with Crippen LogP contribution in [0.25, 0.3) is 0 Å². The average molecular weight is 597 g/mol. The predicted molar refractivity (Wildman–Crippen MR) is 154 cm³/mol. The van der Waals surface area contributed by atoms with Crippen LogP contribution in [-0.4, -0.2) is 119 Å². The standard InChI is InChI=1S/C26H52N4O7S2/c1-23(2)13-19(14-24(3,4)29(23)32)28(9)17-21(37-22(31)27-11-12-38-39(10,34)35)18-36-20-15-25(5,6)30(33)26(7,8)16-20/h19-21,32-33H,11-18H2,1-10H3,(H,27,31). The van der Waals surface area contributed by atoms with Gasteiger partial charge >= 0.3 is 6.09 Å². The topological polar surface area (TPSA) is 132 Å². The zero-order valence-electron chi connectivity index (χ0n) is 25.5. The summed E-state index contributed by atoms with van der Waals surface area (Å²) in [6, 6.07) is 0.147. The fraction of sp³-hybridized carbons (Fsp3) is 0.962. The average Bonchev–Trinajstić information content (AvgIpc) is 2.75. The molecule has 39 heavy (non-hydrogen) atoms. The van der Waals surface area contributed by atoms with Gasteiger partial charge in [0.1, 0.15) is 6.10 Å². The van der Waals surface area contributed by atoms with Gasteiger partial charge < -0.3 is 25.2 Å². The van der Waals surface area contributed by atoms with E-state index in [0.29, 0.717) is 19.4 Å². The van der Waals surface area contributed by atoms with Crippen molar-refractivity contribution in [3.8, 4) is 0 Å². The number of hydroxylamine groups is 4. The lowest BCUT2D eigenvalue weighted by Crippen LogP contribution is -2.63. The van der Waals surface area contributed by atoms with E-state index < -0.39 is 43.2 Å². The van der Waals surface area contributed by atoms with Crippen molar-refractivity contribution in [3.05, 3.63) is 0 Å². The van der Waals surface area contributed by atoms with Crippen molar-refractivity contribution in [1.82, 2.24) is 20.3 Å². The summed E-state index contributed by atoms with van der Waals surface area (Å²) in [7, 11) is -0.415. The summed E-state index contributed by atoms with van der Waals surface area (Å²) in [6.07, 6.45) is 2.54. The Morgan fingerprint density at radius 3 is 1.90 bits per heavy atom. The van der Waals surface area contributed by atoms with Crippen LogP contribution in [0.1, 0.15) is 81.1 Å². The molecule has 2 fully saturated rings. The molecule has 1 atom stereocenters. The highest BCUT2D eigenvalue weighted by Crippen LogP contribution is 2.39. The molecule has 0 spiro atoms. The largest absolute Gasteiger partial charge is 0.442 e. The van der Waals surface area contributed by atoms with Crippen LogP contribution in [0.2, 0.25) is 0 Å². The maximum atomic E-state index is 12.6. The third-order valence-corrected chi connectivity index (χ3v) is 10.4. The minimum absolute atomic E-state index is 0.125. The van der Waals surface area contributed by atoms with Gasteiger partial charge in [-0.3, -0.25) is 4.90 Å². The molecule has 2 aliphatic rings. The number of carbonyl (C=O) groups excluding carboxylic acids is 1. The Bertz CT molecular complexity index is 907. The number of carbonyl (C=O) groups is 1. The van der Waals surface area contributed by atoms with E-state index in [1.807, 2.05) is 62.4 Å². The van der Waals surface area contributed by atoms with E-state index in [2.05, 4.69) is 10.2 Å². The first kappa shape index (κ1) is 34.5. The predicted octanol–water partition coefficient (Wildman–Crippen LogP) is 3.54. The molecule has 2 saturated heterocycles. The van der Waals surface area contributed by atoms with E-state index >= 15 is 0 Å². The summed E-state index contributed by atoms with van der Waals surface area (Å²) in [5, 5.41) is 26.8. The molecule has 11 nitrogen and oxygen atoms in total. The van der Waals surface area contributed by atoms with E-state index in [0.717, 1.165) is 29.9 Å². The number of nitrogens with zero attached hydrogens (tertiary/aromatic N) is 3. The summed E-state index contributed by atoms with van der Waals surface area (Å²) < 4.78 is 34.8. The molecule has 1 unspecified atom stereocenters. The Kier molecular flexibility index (Phi) is 11.2. The molecule has 0 saturated carbocycles. The highest BCUT2D eigenvalue weighted by atomic mass is 33.1. The fourth-order valence-electron chi connectivity index (χ4n) is 6.20. The molecular weight excluding hydrogens is 544 g/mol. The Hall–Kier alpha value is -0.670. The fourth-order valence-corrected chi connectivity index (χ4v) is 7.85. The van der Waals surface area contributed by atoms with E-state index in [9.17, 15) is 23.6 Å². The second-order valence-electron chi connectivity index (χ2n) is 13.7. The molecule has 230 valence electrons. The van der Waals surface area contributed by atoms with Crippen LogP contribution >= 0.6 is 10.8 Å². The van der Waals surface area contributed by atoms with E-state index in [-0.39, 0.29) is 31.1 Å². The monoisotopic (exact) mass is 596 g/mol. The molecule has 1 amide bonds. The molecule has 3 N–H and O–H groups in total. The minimum atomic E-state index is -3.19. The van der Waals surface area contributed by atoms with Gasteiger partial charge in [0.2, 0.25) is 0 Å². The molecule has 2 heterocycles. The van der Waals surface area contributed by atoms with Gasteiger partial charge in [0.25, 0.3) is 0 Å². The molecule has 2 rings (SSSR count). The van der Waals surface area contributed by atoms with Crippen LogP contribution in [0.4, 0.5) is 4.79 Å². The SMILES string of the molecule is CN(CC(COC1CC(C)(C)N(O)C(C)(C)C1)OC(=O)NCCSS(C)(=O)=O)C1CC(C)(C)N(O)C(C)(C)C1. The molecule has 0 bridgehead atoms. The van der Waals surface area contributed by atoms with Gasteiger partial charge in [-0.2, -0.15) is 10.1 Å². The molecule has 0 aromatic heterocycles. The highest BCUT2D eigenvalue weighted by Gasteiger charge is 2.47. The van der Waals surface area contributed by atoms with Crippen LogP contribution in [0, 0.1) is 0 Å². The Balaban J connectivity index is 2.09. The molecule has 2 aliphatic heterocycles. The van der Waals surface area contributed by atoms with Crippen molar-refractivity contribution >= 4 is 25.8 Å². The highest BCUT2D eigenvalue weighted by molar-refractivity contribution is 8.71. The first-order valence-electron chi connectivity index (χ1n) is 13.6. The molecule has 0 aromatic rings. The van der Waals surface area contributed by atoms with Gasteiger partial charge in [-0.05, 0) is 98.9 Å². The Morgan fingerprint density at radius 2 is 1.44 bits per heavy atom. The van der Waals surface area contributed by atoms with Gasteiger partial charge in [0, 0.05) is 53.3 Å². The number of piperidine rings is 2. The zero-order valence-corrected chi connectivity index (χ0v) is 27.1. The van der Waals surface area contributed by atoms with E-state index in [4.69, 9.17) is 9.47 Å². The van der Waals surface area contributed by atoms with Gasteiger partial charge in [0.15, 0.2) is 8.87 Å². The number of rotatable bonds is 11. The number of alkyl carbamates (subject to hydrolysis) is 1. The smallest absolute Gasteiger partial charge is 0.407 e. The van der Waals surface area contributed by atoms with E-state index in [1.54, 1.807) is 0 Å². The van der Waals surface area contributed by atoms with Crippen molar-refractivity contribution in [3.63, 3.8) is 0 Å². The summed E-state index contributed by atoms with van der Waals surface area (Å²) >= 11 is 0. The number of ether oxygens (including phenoxy) is 2. The summed E-state index contributed by atoms with van der Waals surface area (Å²) in [6.45, 7) is 16.8. The maximum absolute atomic E-state index is 12.6. The van der Waals surface area contributed by atoms with Gasteiger partial charge in [0.05, 0.1) is 12.7 Å². The lowest BCUT2D eigenvalue weighted by molar-refractivity contribution is -0.262. The zero-order chi connectivity index (χ0) is 30.0. The van der Waals surface area contributed by atoms with Crippen LogP contribution < -0.4 is 5.32 Å². The summed E-state index contributed by atoms with van der Waals surface area (Å²) in [5.74, 6) is 0.225. The normalized spacial score (nSPS) is 24.9. The number of nitrogens with one attached hydrogen (secondary N) is 1. The Morgan fingerprint density at radius 1 is 0.974 bits per heavy atom. The van der Waals surface area contributed by atoms with Crippen molar-refractivity contribution < 1.29 is 33.1 Å². The van der Waals surface area contributed by atoms with Crippen molar-refractivity contribution in [2.45, 2.75) is 121 Å². The van der Waals surface area contributed by atoms with Gasteiger partial charge in [-0.1, -0.05) is 0 Å². The lowest BCUT2D eigenvalue weighted by Gasteiger charge is -2.53. The summed E-state index contributed by atoms with van der Waals surface area (Å²) in [5.41, 5.74) is -1.78.